The minimum absolute atomic E-state index is 0.968. The van der Waals surface area contributed by atoms with E-state index >= 15 is 0 Å². The zero-order valence-electron chi connectivity index (χ0n) is 10.4. The molecule has 0 saturated carbocycles. The van der Waals surface area contributed by atoms with E-state index in [1.54, 1.807) is 0 Å². The van der Waals surface area contributed by atoms with Gasteiger partial charge in [-0.25, -0.2) is 0 Å². The first-order valence-electron chi connectivity index (χ1n) is 5.57. The smallest absolute Gasteiger partial charge is 0.0780 e. The van der Waals surface area contributed by atoms with Crippen LogP contribution < -0.4 is 5.32 Å². The zero-order chi connectivity index (χ0) is 11.0. The molecule has 14 heavy (non-hydrogen) atoms. The highest BCUT2D eigenvalue weighted by Crippen LogP contribution is 1.99. The lowest BCUT2D eigenvalue weighted by Crippen LogP contribution is -2.35. The third-order valence-electron chi connectivity index (χ3n) is 2.11. The van der Waals surface area contributed by atoms with Crippen molar-refractivity contribution in [2.24, 2.45) is 0 Å². The molecule has 0 bridgehead atoms. The van der Waals surface area contributed by atoms with E-state index in [1.807, 2.05) is 0 Å². The molecule has 84 valence electrons. The van der Waals surface area contributed by atoms with Crippen LogP contribution in [-0.4, -0.2) is 45.3 Å². The van der Waals surface area contributed by atoms with Crippen molar-refractivity contribution >= 4 is 0 Å². The molecule has 0 aromatic rings. The van der Waals surface area contributed by atoms with Crippen LogP contribution >= 0.6 is 0 Å². The summed E-state index contributed by atoms with van der Waals surface area (Å²) in [6.07, 6.45) is 3.95. The Morgan fingerprint density at radius 1 is 1.14 bits per heavy atom. The molecule has 2 nitrogen and oxygen atoms in total. The molecule has 0 fully saturated rings. The Bertz CT molecular complexity index is 156. The van der Waals surface area contributed by atoms with E-state index in [9.17, 15) is 0 Å². The van der Waals surface area contributed by atoms with Gasteiger partial charge in [0.1, 0.15) is 0 Å². The van der Waals surface area contributed by atoms with E-state index in [0.29, 0.717) is 0 Å². The molecule has 0 amide bonds. The summed E-state index contributed by atoms with van der Waals surface area (Å²) in [4.78, 5) is 0. The molecule has 0 aromatic heterocycles. The first-order valence-corrected chi connectivity index (χ1v) is 5.57. The standard InChI is InChI=1S/C12H27N2/c1-12(2)11-13-9-7-6-8-10-14(3,4)5/h13H,1,6-11H2,2-5H3/q+1. The van der Waals surface area contributed by atoms with E-state index in [1.165, 1.54) is 31.4 Å². The molecule has 0 saturated heterocycles. The largest absolute Gasteiger partial charge is 0.331 e. The fraction of sp³-hybridized carbons (Fsp3) is 0.833. The van der Waals surface area contributed by atoms with Crippen molar-refractivity contribution in [3.05, 3.63) is 12.2 Å². The van der Waals surface area contributed by atoms with Gasteiger partial charge in [0.2, 0.25) is 0 Å². The summed E-state index contributed by atoms with van der Waals surface area (Å²) in [5, 5.41) is 3.38. The second-order valence-electron chi connectivity index (χ2n) is 5.21. The van der Waals surface area contributed by atoms with Crippen molar-refractivity contribution in [3.63, 3.8) is 0 Å². The number of nitrogens with zero attached hydrogens (tertiary/aromatic N) is 1. The summed E-state index contributed by atoms with van der Waals surface area (Å²) >= 11 is 0. The number of hydrogen-bond acceptors (Lipinski definition) is 1. The van der Waals surface area contributed by atoms with E-state index in [2.05, 4.69) is 40.0 Å². The first kappa shape index (κ1) is 13.7. The Balaban J connectivity index is 3.11. The fourth-order valence-electron chi connectivity index (χ4n) is 1.31. The lowest BCUT2D eigenvalue weighted by Gasteiger charge is -2.23. The Hall–Kier alpha value is -0.340. The van der Waals surface area contributed by atoms with Gasteiger partial charge in [0.15, 0.2) is 0 Å². The molecule has 0 unspecified atom stereocenters. The molecule has 0 rings (SSSR count). The number of quaternary nitrogens is 1. The van der Waals surface area contributed by atoms with Gasteiger partial charge in [0, 0.05) is 6.54 Å². The topological polar surface area (TPSA) is 12.0 Å². The van der Waals surface area contributed by atoms with Crippen molar-refractivity contribution in [1.29, 1.82) is 0 Å². The Kier molecular flexibility index (Phi) is 6.85. The summed E-state index contributed by atoms with van der Waals surface area (Å²) in [6, 6.07) is 0. The number of rotatable bonds is 8. The van der Waals surface area contributed by atoms with Gasteiger partial charge in [0.05, 0.1) is 27.7 Å². The van der Waals surface area contributed by atoms with Crippen molar-refractivity contribution in [1.82, 2.24) is 5.32 Å². The highest BCUT2D eigenvalue weighted by atomic mass is 15.3. The quantitative estimate of drug-likeness (QED) is 0.358. The maximum Gasteiger partial charge on any atom is 0.0780 e. The fourth-order valence-corrected chi connectivity index (χ4v) is 1.31. The van der Waals surface area contributed by atoms with Crippen LogP contribution in [0.4, 0.5) is 0 Å². The van der Waals surface area contributed by atoms with Gasteiger partial charge in [-0.1, -0.05) is 12.2 Å². The normalized spacial score (nSPS) is 11.7. The molecule has 2 heteroatoms. The van der Waals surface area contributed by atoms with Crippen molar-refractivity contribution < 1.29 is 4.48 Å². The zero-order valence-corrected chi connectivity index (χ0v) is 10.4. The van der Waals surface area contributed by atoms with E-state index in [-0.39, 0.29) is 0 Å². The van der Waals surface area contributed by atoms with Crippen molar-refractivity contribution in [2.45, 2.75) is 26.2 Å². The Morgan fingerprint density at radius 3 is 2.29 bits per heavy atom. The minimum atomic E-state index is 0.968. The molecule has 0 aliphatic carbocycles. The molecule has 0 aliphatic rings. The second kappa shape index (κ2) is 7.02. The summed E-state index contributed by atoms with van der Waals surface area (Å²) in [5.74, 6) is 0. The predicted molar refractivity (Wildman–Crippen MR) is 64.4 cm³/mol. The molecular formula is C12H27N2+. The summed E-state index contributed by atoms with van der Waals surface area (Å²) < 4.78 is 1.08. The van der Waals surface area contributed by atoms with Gasteiger partial charge in [-0.15, -0.1) is 0 Å². The van der Waals surface area contributed by atoms with E-state index < -0.39 is 0 Å². The van der Waals surface area contributed by atoms with Crippen LogP contribution in [0.5, 0.6) is 0 Å². The molecule has 1 N–H and O–H groups in total. The molecular weight excluding hydrogens is 172 g/mol. The first-order chi connectivity index (χ1) is 6.42. The summed E-state index contributed by atoms with van der Waals surface area (Å²) in [6.45, 7) is 9.29. The van der Waals surface area contributed by atoms with Crippen molar-refractivity contribution in [2.75, 3.05) is 40.8 Å². The van der Waals surface area contributed by atoms with Crippen molar-refractivity contribution in [3.8, 4) is 0 Å². The van der Waals surface area contributed by atoms with Crippen LogP contribution in [0.3, 0.4) is 0 Å². The average molecular weight is 199 g/mol. The summed E-state index contributed by atoms with van der Waals surface area (Å²) in [5.41, 5.74) is 1.22. The SMILES string of the molecule is C=C(C)CNCCCCC[N+](C)(C)C. The number of nitrogens with one attached hydrogen (secondary N) is 1. The highest BCUT2D eigenvalue weighted by molar-refractivity contribution is 4.90. The monoisotopic (exact) mass is 199 g/mol. The van der Waals surface area contributed by atoms with Gasteiger partial charge in [-0.2, -0.15) is 0 Å². The average Bonchev–Trinajstić information content (AvgIpc) is 2.00. The lowest BCUT2D eigenvalue weighted by molar-refractivity contribution is -0.870. The molecule has 0 atom stereocenters. The van der Waals surface area contributed by atoms with Crippen LogP contribution in [0.2, 0.25) is 0 Å². The predicted octanol–water partition coefficient (Wildman–Crippen LogP) is 2.03. The van der Waals surface area contributed by atoms with Gasteiger partial charge >= 0.3 is 0 Å². The van der Waals surface area contributed by atoms with Crippen LogP contribution in [0, 0.1) is 0 Å². The number of hydrogen-bond donors (Lipinski definition) is 1. The molecule has 0 aromatic carbocycles. The van der Waals surface area contributed by atoms with Gasteiger partial charge in [-0.3, -0.25) is 0 Å². The minimum Gasteiger partial charge on any atom is -0.331 e. The molecule has 0 radical (unpaired) electrons. The molecule has 0 aliphatic heterocycles. The maximum atomic E-state index is 3.86. The van der Waals surface area contributed by atoms with Gasteiger partial charge in [0.25, 0.3) is 0 Å². The lowest BCUT2D eigenvalue weighted by atomic mass is 10.2. The maximum absolute atomic E-state index is 3.86. The van der Waals surface area contributed by atoms with Gasteiger partial charge < -0.3 is 9.80 Å². The van der Waals surface area contributed by atoms with Gasteiger partial charge in [-0.05, 0) is 32.7 Å². The third-order valence-corrected chi connectivity index (χ3v) is 2.11. The Morgan fingerprint density at radius 2 is 1.79 bits per heavy atom. The highest BCUT2D eigenvalue weighted by Gasteiger charge is 2.04. The van der Waals surface area contributed by atoms with Crippen LogP contribution in [0.25, 0.3) is 0 Å². The third kappa shape index (κ3) is 11.7. The summed E-state index contributed by atoms with van der Waals surface area (Å²) in [7, 11) is 6.75. The van der Waals surface area contributed by atoms with E-state index in [4.69, 9.17) is 0 Å². The van der Waals surface area contributed by atoms with Crippen LogP contribution in [0.1, 0.15) is 26.2 Å². The second-order valence-corrected chi connectivity index (χ2v) is 5.21. The number of unbranched alkanes of at least 4 members (excludes halogenated alkanes) is 2. The van der Waals surface area contributed by atoms with Crippen LogP contribution in [0.15, 0.2) is 12.2 Å². The molecule has 0 spiro atoms. The molecule has 0 heterocycles. The van der Waals surface area contributed by atoms with E-state index in [0.717, 1.165) is 17.6 Å². The van der Waals surface area contributed by atoms with Crippen LogP contribution in [-0.2, 0) is 0 Å². The Labute approximate surface area is 89.6 Å².